The highest BCUT2D eigenvalue weighted by atomic mass is 35.5. The van der Waals surface area contributed by atoms with Gasteiger partial charge in [0, 0.05) is 86.4 Å². The Morgan fingerprint density at radius 2 is 1.59 bits per heavy atom. The number of nitriles is 1. The molecule has 4 fully saturated rings. The SMILES string of the molecule is CC1(C)C(NC(=O)c2ccc(N3CC[C@H](CN4CCN(c5cc6c(cc5F)C(=O)N([C@@H]5CCC(=O)NC5=O)C6=O)CC4)C3)cc2)C(C)(C)C1Oc1ccc(C#N)c(Cl)c1. The maximum Gasteiger partial charge on any atom is 0.262 e. The van der Waals surface area contributed by atoms with E-state index in [1.807, 2.05) is 29.2 Å². The molecule has 2 atom stereocenters. The average molecular weight is 824 g/mol. The smallest absolute Gasteiger partial charge is 0.262 e. The molecule has 15 heteroatoms. The van der Waals surface area contributed by atoms with Crippen molar-refractivity contribution in [3.8, 4) is 11.8 Å². The van der Waals surface area contributed by atoms with Gasteiger partial charge in [0.15, 0.2) is 0 Å². The van der Waals surface area contributed by atoms with Crippen molar-refractivity contribution >= 4 is 52.5 Å². The zero-order valence-electron chi connectivity index (χ0n) is 33.5. The van der Waals surface area contributed by atoms with Crippen molar-refractivity contribution in [2.75, 3.05) is 55.6 Å². The van der Waals surface area contributed by atoms with Crippen LogP contribution in [0.3, 0.4) is 0 Å². The highest BCUT2D eigenvalue weighted by Gasteiger charge is 2.64. The van der Waals surface area contributed by atoms with Crippen LogP contribution in [-0.4, -0.2) is 103 Å². The van der Waals surface area contributed by atoms with E-state index in [0.29, 0.717) is 54.0 Å². The molecule has 1 saturated carbocycles. The number of carbonyl (C=O) groups is 5. The molecule has 4 heterocycles. The molecule has 3 saturated heterocycles. The Balaban J connectivity index is 0.819. The number of benzene rings is 3. The lowest BCUT2D eigenvalue weighted by Crippen LogP contribution is -2.74. The Hall–Kier alpha value is -5.52. The molecule has 5 aliphatic rings. The second-order valence-corrected chi connectivity index (χ2v) is 17.9. The number of amides is 5. The van der Waals surface area contributed by atoms with Gasteiger partial charge in [-0.1, -0.05) is 39.3 Å². The van der Waals surface area contributed by atoms with E-state index in [-0.39, 0.29) is 58.5 Å². The molecule has 4 aliphatic heterocycles. The highest BCUT2D eigenvalue weighted by molar-refractivity contribution is 6.31. The van der Waals surface area contributed by atoms with Gasteiger partial charge >= 0.3 is 0 Å². The van der Waals surface area contributed by atoms with Crippen molar-refractivity contribution in [1.82, 2.24) is 20.4 Å². The Labute approximate surface area is 347 Å². The van der Waals surface area contributed by atoms with Crippen LogP contribution in [0.15, 0.2) is 54.6 Å². The molecule has 0 unspecified atom stereocenters. The van der Waals surface area contributed by atoms with E-state index in [4.69, 9.17) is 16.3 Å². The van der Waals surface area contributed by atoms with Crippen LogP contribution < -0.4 is 25.2 Å². The van der Waals surface area contributed by atoms with E-state index in [1.54, 1.807) is 18.2 Å². The van der Waals surface area contributed by atoms with Crippen molar-refractivity contribution in [1.29, 1.82) is 5.26 Å². The summed E-state index contributed by atoms with van der Waals surface area (Å²) in [7, 11) is 0. The van der Waals surface area contributed by atoms with Crippen LogP contribution in [0.5, 0.6) is 5.75 Å². The molecule has 13 nitrogen and oxygen atoms in total. The van der Waals surface area contributed by atoms with Crippen molar-refractivity contribution in [3.63, 3.8) is 0 Å². The minimum absolute atomic E-state index is 0.0120. The molecule has 0 radical (unpaired) electrons. The Morgan fingerprint density at radius 1 is 0.915 bits per heavy atom. The summed E-state index contributed by atoms with van der Waals surface area (Å²) in [6, 6.07) is 16.1. The van der Waals surface area contributed by atoms with E-state index in [0.717, 1.165) is 42.7 Å². The predicted octanol–water partition coefficient (Wildman–Crippen LogP) is 5.01. The standard InChI is InChI=1S/C44H47ClFN7O6/c1-43(2)41(44(3,4)42(43)59-29-10-7-27(22-47)32(45)19-29)49-37(55)26-5-8-28(9-6-26)52-14-13-25(24-52)23-50-15-17-51(18-16-50)35-21-31-30(20-33(35)46)39(57)53(40(31)58)34-11-12-36(54)48-38(34)56/h5-10,19-21,25,34,41-42H,11-18,23-24H2,1-4H3,(H,49,55)(H,48,54,56)/t25-,34-,41?,42?/m1/s1. The molecule has 59 heavy (non-hydrogen) atoms. The number of nitrogens with one attached hydrogen (secondary N) is 2. The Bertz CT molecular complexity index is 2270. The van der Waals surface area contributed by atoms with Crippen LogP contribution in [0.25, 0.3) is 0 Å². The minimum Gasteiger partial charge on any atom is -0.489 e. The van der Waals surface area contributed by atoms with E-state index >= 15 is 4.39 Å². The monoisotopic (exact) mass is 823 g/mol. The third kappa shape index (κ3) is 7.29. The number of fused-ring (bicyclic) bond motifs is 1. The molecule has 3 aromatic carbocycles. The molecule has 0 aromatic heterocycles. The lowest BCUT2D eigenvalue weighted by molar-refractivity contribution is -0.164. The zero-order valence-corrected chi connectivity index (χ0v) is 34.3. The number of imide groups is 2. The number of nitrogens with zero attached hydrogens (tertiary/aromatic N) is 5. The summed E-state index contributed by atoms with van der Waals surface area (Å²) in [6.07, 6.45) is 0.867. The predicted molar refractivity (Wildman–Crippen MR) is 218 cm³/mol. The van der Waals surface area contributed by atoms with Crippen molar-refractivity contribution in [3.05, 3.63) is 87.7 Å². The van der Waals surface area contributed by atoms with Gasteiger partial charge in [0.25, 0.3) is 17.7 Å². The van der Waals surface area contributed by atoms with Crippen molar-refractivity contribution in [2.24, 2.45) is 16.7 Å². The van der Waals surface area contributed by atoms with Crippen LogP contribution in [-0.2, 0) is 9.59 Å². The summed E-state index contributed by atoms with van der Waals surface area (Å²) in [5.74, 6) is -2.27. The maximum atomic E-state index is 15.5. The molecule has 2 N–H and O–H groups in total. The van der Waals surface area contributed by atoms with Gasteiger partial charge in [-0.2, -0.15) is 5.26 Å². The van der Waals surface area contributed by atoms with Crippen LogP contribution in [0.1, 0.15) is 83.6 Å². The van der Waals surface area contributed by atoms with E-state index < -0.39 is 35.5 Å². The number of hydrogen-bond acceptors (Lipinski definition) is 10. The second kappa shape index (κ2) is 15.3. The first-order chi connectivity index (χ1) is 28.1. The minimum atomic E-state index is -1.11. The Morgan fingerprint density at radius 3 is 2.24 bits per heavy atom. The van der Waals surface area contributed by atoms with Gasteiger partial charge in [0.2, 0.25) is 11.8 Å². The molecular formula is C44H47ClFN7O6. The summed E-state index contributed by atoms with van der Waals surface area (Å²) in [6.45, 7) is 13.5. The number of hydrogen-bond donors (Lipinski definition) is 2. The second-order valence-electron chi connectivity index (χ2n) is 17.5. The number of anilines is 2. The van der Waals surface area contributed by atoms with E-state index in [9.17, 15) is 29.2 Å². The van der Waals surface area contributed by atoms with Gasteiger partial charge in [0.1, 0.15) is 29.8 Å². The molecule has 308 valence electrons. The third-order valence-corrected chi connectivity index (χ3v) is 13.3. The van der Waals surface area contributed by atoms with Gasteiger partial charge in [-0.15, -0.1) is 0 Å². The zero-order chi connectivity index (χ0) is 42.0. The number of rotatable bonds is 9. The first-order valence-corrected chi connectivity index (χ1v) is 20.5. The molecule has 0 spiro atoms. The largest absolute Gasteiger partial charge is 0.489 e. The molecular weight excluding hydrogens is 777 g/mol. The molecule has 0 bridgehead atoms. The van der Waals surface area contributed by atoms with Crippen LogP contribution in [0, 0.1) is 33.9 Å². The number of halogens is 2. The highest BCUT2D eigenvalue weighted by Crippen LogP contribution is 2.55. The lowest BCUT2D eigenvalue weighted by Gasteiger charge is -2.63. The van der Waals surface area contributed by atoms with Gasteiger partial charge in [-0.05, 0) is 67.3 Å². The average Bonchev–Trinajstić information content (AvgIpc) is 3.77. The maximum absolute atomic E-state index is 15.5. The fraction of sp³-hybridized carbons (Fsp3) is 0.455. The van der Waals surface area contributed by atoms with Crippen molar-refractivity contribution in [2.45, 2.75) is 65.1 Å². The molecule has 3 aromatic rings. The Kier molecular flexibility index (Phi) is 10.4. The van der Waals surface area contributed by atoms with Gasteiger partial charge in [0.05, 0.1) is 27.4 Å². The first kappa shape index (κ1) is 40.3. The fourth-order valence-corrected chi connectivity index (χ4v) is 10.3. The van der Waals surface area contributed by atoms with E-state index in [2.05, 4.69) is 54.2 Å². The van der Waals surface area contributed by atoms with Gasteiger partial charge < -0.3 is 19.9 Å². The third-order valence-electron chi connectivity index (χ3n) is 12.9. The topological polar surface area (TPSA) is 155 Å². The number of piperidine rings is 1. The lowest BCUT2D eigenvalue weighted by atomic mass is 9.49. The number of carbonyl (C=O) groups excluding carboxylic acids is 5. The molecule has 8 rings (SSSR count). The number of ether oxygens (including phenoxy) is 1. The van der Waals surface area contributed by atoms with Crippen molar-refractivity contribution < 1.29 is 33.1 Å². The summed E-state index contributed by atoms with van der Waals surface area (Å²) < 4.78 is 21.8. The first-order valence-electron chi connectivity index (χ1n) is 20.1. The quantitative estimate of drug-likeness (QED) is 0.282. The van der Waals surface area contributed by atoms with Crippen LogP contribution >= 0.6 is 11.6 Å². The normalized spacial score (nSPS) is 25.0. The van der Waals surface area contributed by atoms with Gasteiger partial charge in [-0.3, -0.25) is 39.1 Å². The molecule has 5 amide bonds. The fourth-order valence-electron chi connectivity index (χ4n) is 10.1. The van der Waals surface area contributed by atoms with E-state index in [1.165, 1.54) is 6.07 Å². The molecule has 1 aliphatic carbocycles. The summed E-state index contributed by atoms with van der Waals surface area (Å²) in [5, 5.41) is 15.0. The van der Waals surface area contributed by atoms with Crippen LogP contribution in [0.2, 0.25) is 5.02 Å². The van der Waals surface area contributed by atoms with Crippen LogP contribution in [0.4, 0.5) is 15.8 Å². The number of piperazine rings is 1. The van der Waals surface area contributed by atoms with Gasteiger partial charge in [-0.25, -0.2) is 4.39 Å². The summed E-state index contributed by atoms with van der Waals surface area (Å²) in [4.78, 5) is 71.5. The summed E-state index contributed by atoms with van der Waals surface area (Å²) in [5.41, 5.74) is 1.53. The summed E-state index contributed by atoms with van der Waals surface area (Å²) >= 11 is 6.25.